The van der Waals surface area contributed by atoms with Gasteiger partial charge in [-0.1, -0.05) is 30.3 Å². The van der Waals surface area contributed by atoms with E-state index in [2.05, 4.69) is 16.0 Å². The van der Waals surface area contributed by atoms with Crippen molar-refractivity contribution in [2.24, 2.45) is 0 Å². The van der Waals surface area contributed by atoms with Gasteiger partial charge >= 0.3 is 0 Å². The van der Waals surface area contributed by atoms with Crippen molar-refractivity contribution in [3.63, 3.8) is 0 Å². The third kappa shape index (κ3) is 6.07. The van der Waals surface area contributed by atoms with E-state index < -0.39 is 18.0 Å². The molecule has 6 heteroatoms. The second-order valence-corrected chi connectivity index (χ2v) is 4.86. The average Bonchev–Trinajstić information content (AvgIpc) is 2.44. The number of hydrogen-bond donors (Lipinski definition) is 3. The molecule has 0 saturated carbocycles. The van der Waals surface area contributed by atoms with Crippen LogP contribution in [0.5, 0.6) is 0 Å². The van der Waals surface area contributed by atoms with Crippen molar-refractivity contribution in [3.8, 4) is 0 Å². The molecule has 0 aliphatic carbocycles. The van der Waals surface area contributed by atoms with Crippen LogP contribution in [-0.4, -0.2) is 29.8 Å². The lowest BCUT2D eigenvalue weighted by atomic mass is 10.2. The fourth-order valence-electron chi connectivity index (χ4n) is 1.71. The van der Waals surface area contributed by atoms with Crippen LogP contribution in [0.25, 0.3) is 0 Å². The van der Waals surface area contributed by atoms with Crippen LogP contribution in [0.3, 0.4) is 0 Å². The topological polar surface area (TPSA) is 87.3 Å². The lowest BCUT2D eigenvalue weighted by Crippen LogP contribution is -2.51. The van der Waals surface area contributed by atoms with E-state index in [-0.39, 0.29) is 11.8 Å². The van der Waals surface area contributed by atoms with Crippen LogP contribution in [0, 0.1) is 0 Å². The Labute approximate surface area is 124 Å². The molecule has 0 aromatic heterocycles. The first-order valence-electron chi connectivity index (χ1n) is 6.79. The van der Waals surface area contributed by atoms with Crippen LogP contribution in [0.4, 0.5) is 0 Å². The molecule has 0 aliphatic heterocycles. The van der Waals surface area contributed by atoms with Crippen molar-refractivity contribution >= 4 is 17.7 Å². The summed E-state index contributed by atoms with van der Waals surface area (Å²) in [5, 5.41) is 7.76. The van der Waals surface area contributed by atoms with Gasteiger partial charge in [-0.05, 0) is 19.4 Å². The van der Waals surface area contributed by atoms with Crippen LogP contribution in [0.2, 0.25) is 0 Å². The van der Waals surface area contributed by atoms with E-state index in [1.807, 2.05) is 30.3 Å². The predicted octanol–water partition coefficient (Wildman–Crippen LogP) is 0.332. The van der Waals surface area contributed by atoms with Crippen molar-refractivity contribution in [1.29, 1.82) is 0 Å². The van der Waals surface area contributed by atoms with E-state index >= 15 is 0 Å². The Morgan fingerprint density at radius 3 is 2.10 bits per heavy atom. The molecule has 0 unspecified atom stereocenters. The molecule has 0 fully saturated rings. The van der Waals surface area contributed by atoms with E-state index in [0.29, 0.717) is 6.54 Å². The molecule has 114 valence electrons. The largest absolute Gasteiger partial charge is 0.350 e. The molecule has 3 N–H and O–H groups in total. The zero-order valence-corrected chi connectivity index (χ0v) is 12.5. The molecule has 0 aliphatic rings. The van der Waals surface area contributed by atoms with Gasteiger partial charge in [-0.25, -0.2) is 0 Å². The van der Waals surface area contributed by atoms with Crippen molar-refractivity contribution in [1.82, 2.24) is 16.0 Å². The molecule has 1 rings (SSSR count). The number of rotatable bonds is 6. The maximum Gasteiger partial charge on any atom is 0.242 e. The number of nitrogens with one attached hydrogen (secondary N) is 3. The Morgan fingerprint density at radius 1 is 0.952 bits per heavy atom. The van der Waals surface area contributed by atoms with Gasteiger partial charge in [0.05, 0.1) is 0 Å². The lowest BCUT2D eigenvalue weighted by Gasteiger charge is -2.17. The van der Waals surface area contributed by atoms with Gasteiger partial charge in [0.25, 0.3) is 0 Å². The summed E-state index contributed by atoms with van der Waals surface area (Å²) in [6.45, 7) is 4.89. The Hall–Kier alpha value is -2.37. The molecule has 6 nitrogen and oxygen atoms in total. The number of amides is 3. The molecular weight excluding hydrogens is 271 g/mol. The van der Waals surface area contributed by atoms with Crippen molar-refractivity contribution in [2.45, 2.75) is 39.4 Å². The Morgan fingerprint density at radius 2 is 1.52 bits per heavy atom. The smallest absolute Gasteiger partial charge is 0.242 e. The van der Waals surface area contributed by atoms with Crippen LogP contribution < -0.4 is 16.0 Å². The highest BCUT2D eigenvalue weighted by Crippen LogP contribution is 1.97. The first-order chi connectivity index (χ1) is 9.90. The molecule has 0 heterocycles. The Bertz CT molecular complexity index is 502. The van der Waals surface area contributed by atoms with Gasteiger partial charge in [0.1, 0.15) is 12.1 Å². The second-order valence-electron chi connectivity index (χ2n) is 4.86. The van der Waals surface area contributed by atoms with Crippen LogP contribution in [-0.2, 0) is 20.9 Å². The van der Waals surface area contributed by atoms with E-state index in [1.54, 1.807) is 13.8 Å². The summed E-state index contributed by atoms with van der Waals surface area (Å²) in [7, 11) is 0. The second kappa shape index (κ2) is 8.04. The van der Waals surface area contributed by atoms with E-state index in [4.69, 9.17) is 0 Å². The molecule has 0 spiro atoms. The number of carbonyl (C=O) groups is 3. The molecule has 2 atom stereocenters. The quantitative estimate of drug-likeness (QED) is 0.660. The highest BCUT2D eigenvalue weighted by Gasteiger charge is 2.19. The zero-order chi connectivity index (χ0) is 15.8. The molecule has 3 amide bonds. The standard InChI is InChI=1S/C15H21N3O3/c1-10(18-15(21)11(2)17-12(3)19)14(20)16-9-13-7-5-4-6-8-13/h4-8,10-11H,9H2,1-3H3,(H,16,20)(H,17,19)(H,18,21)/t10-,11-/m0/s1/i10+1. The molecule has 1 aromatic carbocycles. The lowest BCUT2D eigenvalue weighted by molar-refractivity contribution is -0.131. The van der Waals surface area contributed by atoms with Gasteiger partial charge in [0.15, 0.2) is 0 Å². The third-order valence-corrected chi connectivity index (χ3v) is 2.87. The zero-order valence-electron chi connectivity index (χ0n) is 12.5. The van der Waals surface area contributed by atoms with Crippen molar-refractivity contribution in [3.05, 3.63) is 35.9 Å². The summed E-state index contributed by atoms with van der Waals surface area (Å²) >= 11 is 0. The molecule has 1 aromatic rings. The number of hydrogen-bond acceptors (Lipinski definition) is 3. The van der Waals surface area contributed by atoms with Gasteiger partial charge in [0, 0.05) is 13.5 Å². The fraction of sp³-hybridized carbons (Fsp3) is 0.400. The van der Waals surface area contributed by atoms with E-state index in [0.717, 1.165) is 5.56 Å². The van der Waals surface area contributed by atoms with Crippen molar-refractivity contribution < 1.29 is 14.4 Å². The first kappa shape index (κ1) is 16.7. The highest BCUT2D eigenvalue weighted by atomic mass is 16.2. The van der Waals surface area contributed by atoms with E-state index in [1.165, 1.54) is 6.92 Å². The maximum atomic E-state index is 11.9. The molecular formula is C15H21N3O3. The highest BCUT2D eigenvalue weighted by molar-refractivity contribution is 5.91. The van der Waals surface area contributed by atoms with Gasteiger partial charge in [-0.3, -0.25) is 14.4 Å². The summed E-state index contributed by atoms with van der Waals surface area (Å²) in [6, 6.07) is 8.15. The summed E-state index contributed by atoms with van der Waals surface area (Å²) in [4.78, 5) is 34.5. The van der Waals surface area contributed by atoms with Gasteiger partial charge < -0.3 is 16.0 Å². The summed E-state index contributed by atoms with van der Waals surface area (Å²) < 4.78 is 0. The van der Waals surface area contributed by atoms with Crippen molar-refractivity contribution in [2.75, 3.05) is 0 Å². The van der Waals surface area contributed by atoms with Gasteiger partial charge in [-0.15, -0.1) is 0 Å². The number of benzene rings is 1. The molecule has 0 radical (unpaired) electrons. The van der Waals surface area contributed by atoms with Gasteiger partial charge in [-0.2, -0.15) is 0 Å². The number of carbonyl (C=O) groups excluding carboxylic acids is 3. The minimum atomic E-state index is -0.674. The predicted molar refractivity (Wildman–Crippen MR) is 79.2 cm³/mol. The summed E-state index contributed by atoms with van der Waals surface area (Å²) in [6.07, 6.45) is 0. The summed E-state index contributed by atoms with van der Waals surface area (Å²) in [5.74, 6) is -0.964. The van der Waals surface area contributed by atoms with E-state index in [9.17, 15) is 14.4 Å². The molecule has 0 saturated heterocycles. The maximum absolute atomic E-state index is 11.9. The fourth-order valence-corrected chi connectivity index (χ4v) is 1.71. The monoisotopic (exact) mass is 292 g/mol. The average molecular weight is 292 g/mol. The third-order valence-electron chi connectivity index (χ3n) is 2.87. The van der Waals surface area contributed by atoms with Crippen LogP contribution in [0.1, 0.15) is 26.3 Å². The van der Waals surface area contributed by atoms with Gasteiger partial charge in [0.2, 0.25) is 17.7 Å². The normalized spacial score (nSPS) is 12.9. The molecule has 0 bridgehead atoms. The minimum Gasteiger partial charge on any atom is -0.350 e. The molecule has 21 heavy (non-hydrogen) atoms. The van der Waals surface area contributed by atoms with Crippen LogP contribution >= 0.6 is 0 Å². The first-order valence-corrected chi connectivity index (χ1v) is 6.79. The Kier molecular flexibility index (Phi) is 6.39. The Balaban J connectivity index is 2.40. The van der Waals surface area contributed by atoms with Crippen LogP contribution in [0.15, 0.2) is 30.3 Å². The minimum absolute atomic E-state index is 0.276. The summed E-state index contributed by atoms with van der Waals surface area (Å²) in [5.41, 5.74) is 0.982. The SMILES string of the molecule is CC(=O)N[C@@H](C)C(=O)N[13C@@H](C)C(=O)NCc1ccccc1.